The van der Waals surface area contributed by atoms with Gasteiger partial charge < -0.3 is 14.8 Å². The van der Waals surface area contributed by atoms with Gasteiger partial charge in [0.15, 0.2) is 0 Å². The second-order valence-electron chi connectivity index (χ2n) is 7.69. The summed E-state index contributed by atoms with van der Waals surface area (Å²) >= 11 is 0. The van der Waals surface area contributed by atoms with Gasteiger partial charge >= 0.3 is 6.09 Å². The molecule has 6 nitrogen and oxygen atoms in total. The van der Waals surface area contributed by atoms with Crippen LogP contribution in [0.4, 0.5) is 4.79 Å². The molecule has 0 spiro atoms. The fourth-order valence-corrected chi connectivity index (χ4v) is 3.12. The topological polar surface area (TPSA) is 67.9 Å². The number of carbonyl (C=O) groups is 2. The quantitative estimate of drug-likeness (QED) is 0.874. The number of nitrogens with zero attached hydrogens (tertiary/aromatic N) is 1. The van der Waals surface area contributed by atoms with Crippen LogP contribution in [0.2, 0.25) is 0 Å². The van der Waals surface area contributed by atoms with Gasteiger partial charge in [0.25, 0.3) is 0 Å². The first-order chi connectivity index (χ1) is 12.2. The lowest BCUT2D eigenvalue weighted by Crippen LogP contribution is -2.47. The van der Waals surface area contributed by atoms with Crippen molar-refractivity contribution in [3.8, 4) is 5.75 Å². The van der Waals surface area contributed by atoms with Gasteiger partial charge in [-0.25, -0.2) is 4.79 Å². The molecule has 0 saturated carbocycles. The molecule has 2 amide bonds. The van der Waals surface area contributed by atoms with Gasteiger partial charge in [-0.05, 0) is 58.6 Å². The van der Waals surface area contributed by atoms with E-state index >= 15 is 0 Å². The van der Waals surface area contributed by atoms with Gasteiger partial charge in [-0.2, -0.15) is 0 Å². The zero-order valence-corrected chi connectivity index (χ0v) is 16.4. The maximum atomic E-state index is 12.5. The van der Waals surface area contributed by atoms with Crippen molar-refractivity contribution in [2.75, 3.05) is 20.2 Å². The zero-order valence-electron chi connectivity index (χ0n) is 16.4. The molecule has 1 aromatic rings. The number of carbonyl (C=O) groups excluding carboxylic acids is 2. The Morgan fingerprint density at radius 2 is 2.04 bits per heavy atom. The standard InChI is InChI=1S/C20H30N2O4/c1-14-8-9-17(25-5)15(13-14)10-11-21-18(23)16-7-6-12-22(16)19(24)26-20(2,3)4/h8-9,13,16H,6-7,10-12H2,1-5H3,(H,21,23). The minimum atomic E-state index is -0.567. The molecule has 0 aliphatic carbocycles. The van der Waals surface area contributed by atoms with Gasteiger partial charge in [0.1, 0.15) is 17.4 Å². The van der Waals surface area contributed by atoms with Crippen molar-refractivity contribution in [1.82, 2.24) is 10.2 Å². The number of benzene rings is 1. The third-order valence-corrected chi connectivity index (χ3v) is 4.31. The molecule has 1 atom stereocenters. The van der Waals surface area contributed by atoms with E-state index in [0.717, 1.165) is 23.3 Å². The van der Waals surface area contributed by atoms with Crippen LogP contribution in [0.1, 0.15) is 44.7 Å². The molecular weight excluding hydrogens is 332 g/mol. The van der Waals surface area contributed by atoms with E-state index in [2.05, 4.69) is 11.4 Å². The molecule has 144 valence electrons. The summed E-state index contributed by atoms with van der Waals surface area (Å²) in [6.07, 6.45) is 1.73. The highest BCUT2D eigenvalue weighted by Gasteiger charge is 2.36. The summed E-state index contributed by atoms with van der Waals surface area (Å²) in [5.74, 6) is 0.695. The van der Waals surface area contributed by atoms with Gasteiger partial charge in [0.2, 0.25) is 5.91 Å². The number of nitrogens with one attached hydrogen (secondary N) is 1. The summed E-state index contributed by atoms with van der Waals surface area (Å²) in [6.45, 7) is 8.55. The zero-order chi connectivity index (χ0) is 19.3. The molecule has 1 saturated heterocycles. The first kappa shape index (κ1) is 20.1. The summed E-state index contributed by atoms with van der Waals surface area (Å²) in [5, 5.41) is 2.95. The van der Waals surface area contributed by atoms with E-state index in [1.54, 1.807) is 7.11 Å². The molecule has 1 aliphatic heterocycles. The third kappa shape index (κ3) is 5.38. The predicted octanol–water partition coefficient (Wildman–Crippen LogP) is 3.06. The average molecular weight is 362 g/mol. The van der Waals surface area contributed by atoms with Crippen molar-refractivity contribution in [2.45, 2.75) is 58.6 Å². The molecule has 2 rings (SSSR count). The Balaban J connectivity index is 1.91. The van der Waals surface area contributed by atoms with Crippen molar-refractivity contribution in [3.05, 3.63) is 29.3 Å². The van der Waals surface area contributed by atoms with Crippen LogP contribution in [0, 0.1) is 6.92 Å². The van der Waals surface area contributed by atoms with E-state index in [0.29, 0.717) is 25.9 Å². The molecule has 0 radical (unpaired) electrons. The van der Waals surface area contributed by atoms with E-state index in [-0.39, 0.29) is 5.91 Å². The highest BCUT2D eigenvalue weighted by Crippen LogP contribution is 2.22. The number of ether oxygens (including phenoxy) is 2. The fourth-order valence-electron chi connectivity index (χ4n) is 3.12. The Bertz CT molecular complexity index is 652. The molecule has 1 heterocycles. The number of amides is 2. The molecule has 1 unspecified atom stereocenters. The number of methoxy groups -OCH3 is 1. The summed E-state index contributed by atoms with van der Waals surface area (Å²) in [5.41, 5.74) is 1.64. The SMILES string of the molecule is COc1ccc(C)cc1CCNC(=O)C1CCCN1C(=O)OC(C)(C)C. The predicted molar refractivity (Wildman–Crippen MR) is 100 cm³/mol. The first-order valence-corrected chi connectivity index (χ1v) is 9.12. The molecular formula is C20H30N2O4. The number of hydrogen-bond acceptors (Lipinski definition) is 4. The Kier molecular flexibility index (Phi) is 6.51. The second kappa shape index (κ2) is 8.43. The van der Waals surface area contributed by atoms with E-state index in [1.165, 1.54) is 4.90 Å². The van der Waals surface area contributed by atoms with Gasteiger partial charge in [-0.1, -0.05) is 17.7 Å². The van der Waals surface area contributed by atoms with Crippen LogP contribution in [0.3, 0.4) is 0 Å². The Morgan fingerprint density at radius 1 is 1.31 bits per heavy atom. The first-order valence-electron chi connectivity index (χ1n) is 9.12. The van der Waals surface area contributed by atoms with E-state index in [1.807, 2.05) is 39.8 Å². The lowest BCUT2D eigenvalue weighted by Gasteiger charge is -2.28. The fraction of sp³-hybridized carbons (Fsp3) is 0.600. The van der Waals surface area contributed by atoms with E-state index < -0.39 is 17.7 Å². The van der Waals surface area contributed by atoms with Crippen LogP contribution in [0.25, 0.3) is 0 Å². The van der Waals surface area contributed by atoms with Crippen LogP contribution in [-0.4, -0.2) is 48.7 Å². The van der Waals surface area contributed by atoms with Crippen molar-refractivity contribution in [3.63, 3.8) is 0 Å². The monoisotopic (exact) mass is 362 g/mol. The van der Waals surface area contributed by atoms with Crippen LogP contribution in [0.15, 0.2) is 18.2 Å². The number of rotatable bonds is 5. The van der Waals surface area contributed by atoms with Crippen LogP contribution < -0.4 is 10.1 Å². The van der Waals surface area contributed by atoms with Gasteiger partial charge in [0.05, 0.1) is 7.11 Å². The van der Waals surface area contributed by atoms with Gasteiger partial charge in [0, 0.05) is 13.1 Å². The summed E-state index contributed by atoms with van der Waals surface area (Å²) in [6, 6.07) is 5.55. The molecule has 1 aliphatic rings. The number of likely N-dealkylation sites (tertiary alicyclic amines) is 1. The van der Waals surface area contributed by atoms with Crippen LogP contribution >= 0.6 is 0 Å². The Hall–Kier alpha value is -2.24. The second-order valence-corrected chi connectivity index (χ2v) is 7.69. The van der Waals surface area contributed by atoms with E-state index in [4.69, 9.17) is 9.47 Å². The average Bonchev–Trinajstić information content (AvgIpc) is 3.03. The summed E-state index contributed by atoms with van der Waals surface area (Å²) in [7, 11) is 1.64. The number of aryl methyl sites for hydroxylation is 1. The van der Waals surface area contributed by atoms with Crippen molar-refractivity contribution < 1.29 is 19.1 Å². The molecule has 0 aromatic heterocycles. The minimum absolute atomic E-state index is 0.125. The van der Waals surface area contributed by atoms with Crippen LogP contribution in [-0.2, 0) is 16.0 Å². The highest BCUT2D eigenvalue weighted by molar-refractivity contribution is 5.86. The Morgan fingerprint density at radius 3 is 2.69 bits per heavy atom. The molecule has 1 fully saturated rings. The number of hydrogen-bond donors (Lipinski definition) is 1. The lowest BCUT2D eigenvalue weighted by molar-refractivity contribution is -0.125. The van der Waals surface area contributed by atoms with Gasteiger partial charge in [-0.3, -0.25) is 9.69 Å². The van der Waals surface area contributed by atoms with Gasteiger partial charge in [-0.15, -0.1) is 0 Å². The van der Waals surface area contributed by atoms with Crippen molar-refractivity contribution >= 4 is 12.0 Å². The molecule has 0 bridgehead atoms. The maximum absolute atomic E-state index is 12.5. The normalized spacial score (nSPS) is 17.1. The largest absolute Gasteiger partial charge is 0.496 e. The molecule has 26 heavy (non-hydrogen) atoms. The Labute approximate surface area is 155 Å². The van der Waals surface area contributed by atoms with Crippen molar-refractivity contribution in [2.24, 2.45) is 0 Å². The smallest absolute Gasteiger partial charge is 0.410 e. The summed E-state index contributed by atoms with van der Waals surface area (Å²) < 4.78 is 10.8. The molecule has 1 aromatic carbocycles. The molecule has 1 N–H and O–H groups in total. The van der Waals surface area contributed by atoms with Crippen LogP contribution in [0.5, 0.6) is 5.75 Å². The highest BCUT2D eigenvalue weighted by atomic mass is 16.6. The lowest BCUT2D eigenvalue weighted by atomic mass is 10.1. The third-order valence-electron chi connectivity index (χ3n) is 4.31. The molecule has 6 heteroatoms. The summed E-state index contributed by atoms with van der Waals surface area (Å²) in [4.78, 5) is 26.4. The van der Waals surface area contributed by atoms with E-state index in [9.17, 15) is 9.59 Å². The maximum Gasteiger partial charge on any atom is 0.410 e. The van der Waals surface area contributed by atoms with Crippen molar-refractivity contribution in [1.29, 1.82) is 0 Å². The minimum Gasteiger partial charge on any atom is -0.496 e.